The van der Waals surface area contributed by atoms with Crippen LogP contribution in [0.1, 0.15) is 30.1 Å². The third-order valence-corrected chi connectivity index (χ3v) is 6.39. The molecule has 0 radical (unpaired) electrons. The minimum atomic E-state index is -0.469. The van der Waals surface area contributed by atoms with Gasteiger partial charge in [0.25, 0.3) is 5.91 Å². The van der Waals surface area contributed by atoms with Crippen molar-refractivity contribution >= 4 is 40.2 Å². The number of fused-ring (bicyclic) bond motifs is 3. The van der Waals surface area contributed by atoms with Crippen LogP contribution in [0, 0.1) is 5.41 Å². The molecule has 0 saturated carbocycles. The molecule has 27 heavy (non-hydrogen) atoms. The Labute approximate surface area is 162 Å². The Morgan fingerprint density at radius 2 is 2.04 bits per heavy atom. The fourth-order valence-electron chi connectivity index (χ4n) is 3.84. The van der Waals surface area contributed by atoms with Gasteiger partial charge in [-0.1, -0.05) is 19.1 Å². The normalized spacial score (nSPS) is 16.9. The summed E-state index contributed by atoms with van der Waals surface area (Å²) in [6.07, 6.45) is 3.85. The lowest BCUT2D eigenvalue weighted by Crippen LogP contribution is -2.41. The minimum absolute atomic E-state index is 0.0285. The van der Waals surface area contributed by atoms with E-state index in [1.807, 2.05) is 36.6 Å². The van der Waals surface area contributed by atoms with Gasteiger partial charge in [0, 0.05) is 24.6 Å². The summed E-state index contributed by atoms with van der Waals surface area (Å²) in [5.41, 5.74) is 8.49. The van der Waals surface area contributed by atoms with Crippen molar-refractivity contribution in [2.24, 2.45) is 11.1 Å². The summed E-state index contributed by atoms with van der Waals surface area (Å²) in [5, 5.41) is 9.70. The second kappa shape index (κ2) is 6.73. The molecule has 0 aliphatic carbocycles. The molecule has 3 aromatic rings. The van der Waals surface area contributed by atoms with E-state index in [0.29, 0.717) is 11.2 Å². The number of nitrogens with two attached hydrogens (primary N) is 1. The number of para-hydroxylation sites is 2. The van der Waals surface area contributed by atoms with E-state index in [9.17, 15) is 9.90 Å². The highest BCUT2D eigenvalue weighted by Gasteiger charge is 2.32. The highest BCUT2D eigenvalue weighted by atomic mass is 32.2. The van der Waals surface area contributed by atoms with E-state index < -0.39 is 5.91 Å². The summed E-state index contributed by atoms with van der Waals surface area (Å²) in [5.74, 6) is 0.583. The third kappa shape index (κ3) is 2.95. The van der Waals surface area contributed by atoms with Gasteiger partial charge in [-0.2, -0.15) is 0 Å². The van der Waals surface area contributed by atoms with Gasteiger partial charge in [-0.3, -0.25) is 9.20 Å². The van der Waals surface area contributed by atoms with Crippen molar-refractivity contribution < 1.29 is 9.90 Å². The molecule has 7 heteroatoms. The lowest BCUT2D eigenvalue weighted by Gasteiger charge is -2.40. The summed E-state index contributed by atoms with van der Waals surface area (Å²) in [7, 11) is 0. The summed E-state index contributed by atoms with van der Waals surface area (Å²) in [6.45, 7) is 4.04. The lowest BCUT2D eigenvalue weighted by molar-refractivity contribution is 0.100. The van der Waals surface area contributed by atoms with Gasteiger partial charge in [0.1, 0.15) is 5.82 Å². The molecule has 0 atom stereocenters. The number of pyridine rings is 1. The predicted molar refractivity (Wildman–Crippen MR) is 110 cm³/mol. The Bertz CT molecular complexity index is 1020. The smallest absolute Gasteiger partial charge is 0.252 e. The molecule has 1 saturated heterocycles. The van der Waals surface area contributed by atoms with Gasteiger partial charge in [-0.05, 0) is 42.7 Å². The number of primary amides is 1. The SMILES string of the molecule is CSc1cc(C(N)=O)c2nc3ccccc3n2c1N1CCC(C)(CO)CC1. The van der Waals surface area contributed by atoms with Crippen molar-refractivity contribution in [3.63, 3.8) is 0 Å². The molecule has 4 rings (SSSR count). The second-order valence-corrected chi connectivity index (χ2v) is 8.38. The second-order valence-electron chi connectivity index (χ2n) is 7.53. The molecule has 3 N–H and O–H groups in total. The summed E-state index contributed by atoms with van der Waals surface area (Å²) in [4.78, 5) is 20.1. The number of hydrogen-bond acceptors (Lipinski definition) is 5. The third-order valence-electron chi connectivity index (χ3n) is 5.65. The predicted octanol–water partition coefficient (Wildman–Crippen LogP) is 2.91. The van der Waals surface area contributed by atoms with Crippen molar-refractivity contribution in [3.05, 3.63) is 35.9 Å². The first-order valence-corrected chi connectivity index (χ1v) is 10.3. The number of aromatic nitrogens is 2. The van der Waals surface area contributed by atoms with Crippen molar-refractivity contribution in [1.29, 1.82) is 0 Å². The molecule has 3 heterocycles. The standard InChI is InChI=1S/C20H24N4O2S/c1-20(12-25)7-9-23(10-8-20)19-16(27-2)11-13(17(21)26)18-22-14-5-3-4-6-15(14)24(18)19/h3-6,11,25H,7-10,12H2,1-2H3,(H2,21,26). The molecular weight excluding hydrogens is 360 g/mol. The van der Waals surface area contributed by atoms with E-state index in [4.69, 9.17) is 10.7 Å². The first-order valence-electron chi connectivity index (χ1n) is 9.11. The molecule has 0 unspecified atom stereocenters. The van der Waals surface area contributed by atoms with Crippen LogP contribution in [0.3, 0.4) is 0 Å². The zero-order valence-corrected chi connectivity index (χ0v) is 16.4. The van der Waals surface area contributed by atoms with Crippen LogP contribution in [-0.2, 0) is 0 Å². The average molecular weight is 385 g/mol. The largest absolute Gasteiger partial charge is 0.396 e. The maximum atomic E-state index is 12.1. The number of anilines is 1. The number of imidazole rings is 1. The number of thioether (sulfide) groups is 1. The molecule has 0 bridgehead atoms. The van der Waals surface area contributed by atoms with Gasteiger partial charge >= 0.3 is 0 Å². The van der Waals surface area contributed by atoms with Gasteiger partial charge in [-0.25, -0.2) is 4.98 Å². The molecule has 142 valence electrons. The van der Waals surface area contributed by atoms with Crippen LogP contribution < -0.4 is 10.6 Å². The van der Waals surface area contributed by atoms with Gasteiger partial charge in [-0.15, -0.1) is 11.8 Å². The molecule has 1 aliphatic rings. The van der Waals surface area contributed by atoms with Crippen molar-refractivity contribution in [3.8, 4) is 0 Å². The van der Waals surface area contributed by atoms with E-state index in [-0.39, 0.29) is 12.0 Å². The van der Waals surface area contributed by atoms with Gasteiger partial charge in [0.15, 0.2) is 5.65 Å². The van der Waals surface area contributed by atoms with E-state index >= 15 is 0 Å². The Morgan fingerprint density at radius 3 is 2.67 bits per heavy atom. The number of aliphatic hydroxyl groups is 1. The van der Waals surface area contributed by atoms with E-state index in [1.165, 1.54) is 0 Å². The molecule has 6 nitrogen and oxygen atoms in total. The first kappa shape index (κ1) is 18.1. The van der Waals surface area contributed by atoms with Gasteiger partial charge < -0.3 is 15.7 Å². The number of amides is 1. The summed E-state index contributed by atoms with van der Waals surface area (Å²) >= 11 is 1.61. The number of benzene rings is 1. The maximum Gasteiger partial charge on any atom is 0.252 e. The summed E-state index contributed by atoms with van der Waals surface area (Å²) < 4.78 is 2.07. The van der Waals surface area contributed by atoms with Crippen LogP contribution in [0.15, 0.2) is 35.2 Å². The van der Waals surface area contributed by atoms with Crippen LogP contribution in [0.4, 0.5) is 5.82 Å². The Hall–Kier alpha value is -2.25. The molecule has 1 aliphatic heterocycles. The first-order chi connectivity index (χ1) is 13.0. The number of nitrogens with zero attached hydrogens (tertiary/aromatic N) is 3. The lowest BCUT2D eigenvalue weighted by atomic mass is 9.81. The van der Waals surface area contributed by atoms with Gasteiger partial charge in [0.05, 0.1) is 16.6 Å². The monoisotopic (exact) mass is 384 g/mol. The van der Waals surface area contributed by atoms with E-state index in [1.54, 1.807) is 11.8 Å². The molecule has 2 aromatic heterocycles. The number of rotatable bonds is 4. The Kier molecular flexibility index (Phi) is 4.52. The number of aliphatic hydroxyl groups excluding tert-OH is 1. The molecule has 1 aromatic carbocycles. The van der Waals surface area contributed by atoms with Crippen molar-refractivity contribution in [2.75, 3.05) is 30.9 Å². The number of piperidine rings is 1. The maximum absolute atomic E-state index is 12.1. The van der Waals surface area contributed by atoms with Crippen LogP contribution in [0.5, 0.6) is 0 Å². The van der Waals surface area contributed by atoms with Crippen LogP contribution >= 0.6 is 11.8 Å². The molecule has 1 amide bonds. The van der Waals surface area contributed by atoms with Crippen molar-refractivity contribution in [1.82, 2.24) is 9.38 Å². The van der Waals surface area contributed by atoms with Crippen LogP contribution in [-0.4, -0.2) is 46.4 Å². The number of carbonyl (C=O) groups is 1. The number of carbonyl (C=O) groups excluding carboxylic acids is 1. The molecule has 1 fully saturated rings. The fourth-order valence-corrected chi connectivity index (χ4v) is 4.48. The van der Waals surface area contributed by atoms with Crippen molar-refractivity contribution in [2.45, 2.75) is 24.7 Å². The van der Waals surface area contributed by atoms with E-state index in [0.717, 1.165) is 47.7 Å². The molecule has 0 spiro atoms. The van der Waals surface area contributed by atoms with Gasteiger partial charge in [0.2, 0.25) is 0 Å². The zero-order valence-electron chi connectivity index (χ0n) is 15.6. The fraction of sp³-hybridized carbons (Fsp3) is 0.400. The Balaban J connectivity index is 1.96. The van der Waals surface area contributed by atoms with E-state index in [2.05, 4.69) is 16.2 Å². The number of hydrogen-bond donors (Lipinski definition) is 2. The minimum Gasteiger partial charge on any atom is -0.396 e. The zero-order chi connectivity index (χ0) is 19.2. The Morgan fingerprint density at radius 1 is 1.33 bits per heavy atom. The van der Waals surface area contributed by atoms with Crippen LogP contribution in [0.2, 0.25) is 0 Å². The highest BCUT2D eigenvalue weighted by Crippen LogP contribution is 2.39. The summed E-state index contributed by atoms with van der Waals surface area (Å²) in [6, 6.07) is 9.77. The van der Waals surface area contributed by atoms with Crippen LogP contribution in [0.25, 0.3) is 16.7 Å². The average Bonchev–Trinajstić information content (AvgIpc) is 3.06. The quantitative estimate of drug-likeness (QED) is 0.676. The molecular formula is C20H24N4O2S. The highest BCUT2D eigenvalue weighted by molar-refractivity contribution is 7.98. The topological polar surface area (TPSA) is 83.9 Å².